The monoisotopic (exact) mass is 267 g/mol. The van der Waals surface area contributed by atoms with Crippen molar-refractivity contribution in [3.8, 4) is 11.5 Å². The van der Waals surface area contributed by atoms with Crippen LogP contribution in [0.4, 0.5) is 0 Å². The summed E-state index contributed by atoms with van der Waals surface area (Å²) in [5, 5.41) is 2.83. The van der Waals surface area contributed by atoms with Crippen molar-refractivity contribution >= 4 is 5.91 Å². The molecule has 0 fully saturated rings. The van der Waals surface area contributed by atoms with E-state index >= 15 is 0 Å². The summed E-state index contributed by atoms with van der Waals surface area (Å²) in [7, 11) is 4.77. The van der Waals surface area contributed by atoms with Crippen LogP contribution in [0.15, 0.2) is 12.1 Å². The Morgan fingerprint density at radius 3 is 2.53 bits per heavy atom. The number of ether oxygens (including phenoxy) is 3. The minimum Gasteiger partial charge on any atom is -0.496 e. The molecule has 0 aromatic heterocycles. The molecule has 0 radical (unpaired) electrons. The highest BCUT2D eigenvalue weighted by Gasteiger charge is 2.16. The van der Waals surface area contributed by atoms with E-state index in [1.54, 1.807) is 33.5 Å². The summed E-state index contributed by atoms with van der Waals surface area (Å²) in [4.78, 5) is 12.1. The van der Waals surface area contributed by atoms with Crippen LogP contribution in [0.25, 0.3) is 0 Å². The Bertz CT molecular complexity index is 432. The van der Waals surface area contributed by atoms with Gasteiger partial charge in [-0.3, -0.25) is 4.79 Å². The van der Waals surface area contributed by atoms with Crippen LogP contribution in [-0.4, -0.2) is 40.4 Å². The van der Waals surface area contributed by atoms with Gasteiger partial charge >= 0.3 is 0 Å². The average Bonchev–Trinajstić information content (AvgIpc) is 2.43. The Morgan fingerprint density at radius 2 is 1.95 bits per heavy atom. The first-order valence-corrected chi connectivity index (χ1v) is 6.14. The van der Waals surface area contributed by atoms with E-state index in [9.17, 15) is 4.79 Å². The Kier molecular flexibility index (Phi) is 6.15. The molecule has 0 aliphatic carbocycles. The molecule has 5 heteroatoms. The predicted molar refractivity (Wildman–Crippen MR) is 73.1 cm³/mol. The second-order valence-corrected chi connectivity index (χ2v) is 4.08. The van der Waals surface area contributed by atoms with Crippen LogP contribution in [0.1, 0.15) is 22.3 Å². The van der Waals surface area contributed by atoms with E-state index in [-0.39, 0.29) is 5.91 Å². The fraction of sp³-hybridized carbons (Fsp3) is 0.500. The van der Waals surface area contributed by atoms with Crippen LogP contribution >= 0.6 is 0 Å². The molecule has 0 heterocycles. The summed E-state index contributed by atoms with van der Waals surface area (Å²) in [5.74, 6) is 1.09. The standard InChI is InChI=1S/C14H21NO4/c1-10-12(18-3)7-6-11(13(10)19-4)14(16)15-8-5-9-17-2/h6-7H,5,8-9H2,1-4H3,(H,15,16). The number of nitrogens with one attached hydrogen (secondary N) is 1. The third kappa shape index (κ3) is 3.86. The minimum atomic E-state index is -0.154. The molecular formula is C14H21NO4. The molecule has 0 saturated heterocycles. The van der Waals surface area contributed by atoms with Crippen LogP contribution in [0.3, 0.4) is 0 Å². The van der Waals surface area contributed by atoms with Crippen molar-refractivity contribution in [1.82, 2.24) is 5.32 Å². The second kappa shape index (κ2) is 7.63. The Labute approximate surface area is 113 Å². The van der Waals surface area contributed by atoms with Crippen molar-refractivity contribution in [2.45, 2.75) is 13.3 Å². The van der Waals surface area contributed by atoms with Gasteiger partial charge in [-0.2, -0.15) is 0 Å². The summed E-state index contributed by atoms with van der Waals surface area (Å²) in [5.41, 5.74) is 1.33. The van der Waals surface area contributed by atoms with Crippen LogP contribution in [0, 0.1) is 6.92 Å². The van der Waals surface area contributed by atoms with Crippen molar-refractivity contribution in [3.05, 3.63) is 23.3 Å². The number of carbonyl (C=O) groups excluding carboxylic acids is 1. The van der Waals surface area contributed by atoms with Crippen molar-refractivity contribution in [3.63, 3.8) is 0 Å². The Balaban J connectivity index is 2.82. The minimum absolute atomic E-state index is 0.154. The van der Waals surface area contributed by atoms with E-state index in [1.165, 1.54) is 0 Å². The largest absolute Gasteiger partial charge is 0.496 e. The van der Waals surface area contributed by atoms with Gasteiger partial charge in [-0.05, 0) is 25.5 Å². The van der Waals surface area contributed by atoms with Gasteiger partial charge in [-0.1, -0.05) is 0 Å². The van der Waals surface area contributed by atoms with Crippen molar-refractivity contribution in [2.75, 3.05) is 34.5 Å². The van der Waals surface area contributed by atoms with E-state index < -0.39 is 0 Å². The fourth-order valence-corrected chi connectivity index (χ4v) is 1.85. The zero-order valence-corrected chi connectivity index (χ0v) is 11.9. The molecule has 0 unspecified atom stereocenters. The van der Waals surface area contributed by atoms with Gasteiger partial charge in [0, 0.05) is 25.8 Å². The van der Waals surface area contributed by atoms with Gasteiger partial charge in [0.25, 0.3) is 5.91 Å². The van der Waals surface area contributed by atoms with Gasteiger partial charge in [-0.25, -0.2) is 0 Å². The third-order valence-electron chi connectivity index (χ3n) is 2.84. The molecule has 106 valence electrons. The van der Waals surface area contributed by atoms with Crippen LogP contribution in [0.2, 0.25) is 0 Å². The fourth-order valence-electron chi connectivity index (χ4n) is 1.85. The number of benzene rings is 1. The number of rotatable bonds is 7. The summed E-state index contributed by atoms with van der Waals surface area (Å²) < 4.78 is 15.4. The molecule has 0 bridgehead atoms. The van der Waals surface area contributed by atoms with E-state index in [0.29, 0.717) is 30.2 Å². The molecule has 0 saturated carbocycles. The highest BCUT2D eigenvalue weighted by atomic mass is 16.5. The molecular weight excluding hydrogens is 246 g/mol. The molecule has 0 atom stereocenters. The maximum absolute atomic E-state index is 12.1. The zero-order valence-electron chi connectivity index (χ0n) is 11.9. The van der Waals surface area contributed by atoms with Gasteiger partial charge in [0.1, 0.15) is 11.5 Å². The lowest BCUT2D eigenvalue weighted by molar-refractivity contribution is 0.0945. The van der Waals surface area contributed by atoms with E-state index in [0.717, 1.165) is 12.0 Å². The number of amides is 1. The van der Waals surface area contributed by atoms with Gasteiger partial charge in [0.05, 0.1) is 19.8 Å². The highest BCUT2D eigenvalue weighted by molar-refractivity contribution is 5.97. The molecule has 0 aliphatic heterocycles. The van der Waals surface area contributed by atoms with Crippen LogP contribution in [-0.2, 0) is 4.74 Å². The smallest absolute Gasteiger partial charge is 0.255 e. The molecule has 0 aliphatic rings. The highest BCUT2D eigenvalue weighted by Crippen LogP contribution is 2.31. The summed E-state index contributed by atoms with van der Waals surface area (Å²) in [6, 6.07) is 3.47. The maximum Gasteiger partial charge on any atom is 0.255 e. The van der Waals surface area contributed by atoms with E-state index in [4.69, 9.17) is 14.2 Å². The summed E-state index contributed by atoms with van der Waals surface area (Å²) in [6.07, 6.45) is 0.777. The molecule has 1 rings (SSSR count). The first-order valence-electron chi connectivity index (χ1n) is 6.14. The lowest BCUT2D eigenvalue weighted by atomic mass is 10.1. The number of methoxy groups -OCH3 is 3. The molecule has 1 aromatic carbocycles. The molecule has 5 nitrogen and oxygen atoms in total. The van der Waals surface area contributed by atoms with Gasteiger partial charge in [-0.15, -0.1) is 0 Å². The van der Waals surface area contributed by atoms with Crippen molar-refractivity contribution in [2.24, 2.45) is 0 Å². The molecule has 0 spiro atoms. The average molecular weight is 267 g/mol. The van der Waals surface area contributed by atoms with Crippen molar-refractivity contribution < 1.29 is 19.0 Å². The normalized spacial score (nSPS) is 10.1. The lowest BCUT2D eigenvalue weighted by Crippen LogP contribution is -2.25. The van der Waals surface area contributed by atoms with E-state index in [2.05, 4.69) is 5.32 Å². The maximum atomic E-state index is 12.1. The number of hydrogen-bond acceptors (Lipinski definition) is 4. The predicted octanol–water partition coefficient (Wildman–Crippen LogP) is 1.78. The quantitative estimate of drug-likeness (QED) is 0.765. The Morgan fingerprint density at radius 1 is 1.21 bits per heavy atom. The molecule has 1 amide bonds. The Hall–Kier alpha value is -1.75. The SMILES string of the molecule is COCCCNC(=O)c1ccc(OC)c(C)c1OC. The molecule has 19 heavy (non-hydrogen) atoms. The topological polar surface area (TPSA) is 56.8 Å². The lowest BCUT2D eigenvalue weighted by Gasteiger charge is -2.14. The summed E-state index contributed by atoms with van der Waals surface area (Å²) >= 11 is 0. The first-order chi connectivity index (χ1) is 9.15. The second-order valence-electron chi connectivity index (χ2n) is 4.08. The molecule has 1 aromatic rings. The number of hydrogen-bond donors (Lipinski definition) is 1. The number of carbonyl (C=O) groups is 1. The van der Waals surface area contributed by atoms with Crippen molar-refractivity contribution in [1.29, 1.82) is 0 Å². The van der Waals surface area contributed by atoms with Gasteiger partial charge in [0.2, 0.25) is 0 Å². The first kappa shape index (κ1) is 15.3. The van der Waals surface area contributed by atoms with E-state index in [1.807, 2.05) is 6.92 Å². The van der Waals surface area contributed by atoms with Gasteiger partial charge in [0.15, 0.2) is 0 Å². The van der Waals surface area contributed by atoms with Crippen LogP contribution in [0.5, 0.6) is 11.5 Å². The van der Waals surface area contributed by atoms with Crippen LogP contribution < -0.4 is 14.8 Å². The zero-order chi connectivity index (χ0) is 14.3. The third-order valence-corrected chi connectivity index (χ3v) is 2.84. The molecule has 1 N–H and O–H groups in total. The summed E-state index contributed by atoms with van der Waals surface area (Å²) in [6.45, 7) is 3.05. The van der Waals surface area contributed by atoms with Gasteiger partial charge < -0.3 is 19.5 Å².